The molecular formula is C38H34. The molecule has 0 fully saturated rings. The minimum atomic E-state index is 1.06. The van der Waals surface area contributed by atoms with E-state index in [0.29, 0.717) is 0 Å². The van der Waals surface area contributed by atoms with Gasteiger partial charge in [-0.15, -0.1) is 0 Å². The second-order valence-corrected chi connectivity index (χ2v) is 10.5. The van der Waals surface area contributed by atoms with Crippen LogP contribution in [-0.4, -0.2) is 0 Å². The molecule has 0 unspecified atom stereocenters. The molecule has 0 saturated heterocycles. The summed E-state index contributed by atoms with van der Waals surface area (Å²) in [5, 5.41) is 5.19. The monoisotopic (exact) mass is 490 g/mol. The maximum Gasteiger partial charge on any atom is -0.00670 e. The Balaban J connectivity index is 1.58. The van der Waals surface area contributed by atoms with Crippen molar-refractivity contribution in [1.29, 1.82) is 0 Å². The van der Waals surface area contributed by atoms with Crippen molar-refractivity contribution in [3.8, 4) is 33.4 Å². The van der Waals surface area contributed by atoms with E-state index in [0.717, 1.165) is 12.8 Å². The van der Waals surface area contributed by atoms with Crippen molar-refractivity contribution < 1.29 is 0 Å². The Morgan fingerprint density at radius 2 is 0.737 bits per heavy atom. The minimum absolute atomic E-state index is 1.06. The van der Waals surface area contributed by atoms with Gasteiger partial charge in [-0.2, -0.15) is 0 Å². The summed E-state index contributed by atoms with van der Waals surface area (Å²) in [4.78, 5) is 0. The van der Waals surface area contributed by atoms with Crippen molar-refractivity contribution in [1.82, 2.24) is 0 Å². The topological polar surface area (TPSA) is 0 Å². The van der Waals surface area contributed by atoms with E-state index in [2.05, 4.69) is 137 Å². The van der Waals surface area contributed by atoms with Gasteiger partial charge in [0.1, 0.15) is 0 Å². The van der Waals surface area contributed by atoms with Crippen LogP contribution in [0.25, 0.3) is 54.9 Å². The average Bonchev–Trinajstić information content (AvgIpc) is 2.97. The van der Waals surface area contributed by atoms with Crippen LogP contribution in [-0.2, 0) is 12.8 Å². The molecule has 0 bridgehead atoms. The van der Waals surface area contributed by atoms with Crippen LogP contribution in [0.4, 0.5) is 0 Å². The average molecular weight is 491 g/mol. The molecule has 0 amide bonds. The molecule has 0 aliphatic rings. The second kappa shape index (κ2) is 9.95. The van der Waals surface area contributed by atoms with Gasteiger partial charge in [0, 0.05) is 0 Å². The molecule has 0 heterocycles. The molecule has 0 aliphatic heterocycles. The molecular weight excluding hydrogens is 456 g/mol. The summed E-state index contributed by atoms with van der Waals surface area (Å²) >= 11 is 0. The van der Waals surface area contributed by atoms with Crippen LogP contribution in [0.5, 0.6) is 0 Å². The fraction of sp³-hybridized carbons (Fsp3) is 0.158. The van der Waals surface area contributed by atoms with Crippen LogP contribution >= 0.6 is 0 Å². The lowest BCUT2D eigenvalue weighted by Crippen LogP contribution is -1.93. The highest BCUT2D eigenvalue weighted by atomic mass is 14.2. The molecule has 0 atom stereocenters. The number of hydrogen-bond donors (Lipinski definition) is 0. The van der Waals surface area contributed by atoms with Crippen molar-refractivity contribution in [2.45, 2.75) is 40.5 Å². The van der Waals surface area contributed by atoms with Gasteiger partial charge >= 0.3 is 0 Å². The Kier molecular flexibility index (Phi) is 6.34. The van der Waals surface area contributed by atoms with Gasteiger partial charge in [0.05, 0.1) is 0 Å². The predicted octanol–water partition coefficient (Wildman–Crippen LogP) is 10.7. The second-order valence-electron chi connectivity index (χ2n) is 10.5. The Morgan fingerprint density at radius 1 is 0.395 bits per heavy atom. The SMILES string of the molecule is CCc1ccc(-c2ccc3ccc(C)c(-c4c(C)ccc5ccc(-c6ccc(CC)cc6)cc45)c3c2)cc1. The van der Waals surface area contributed by atoms with Crippen molar-refractivity contribution in [3.05, 3.63) is 131 Å². The molecule has 0 radical (unpaired) electrons. The molecule has 0 aromatic heterocycles. The van der Waals surface area contributed by atoms with E-state index in [1.807, 2.05) is 0 Å². The molecule has 0 saturated carbocycles. The third-order valence-electron chi connectivity index (χ3n) is 8.10. The smallest absolute Gasteiger partial charge is 0.00670 e. The number of fused-ring (bicyclic) bond motifs is 2. The molecule has 6 aromatic carbocycles. The molecule has 186 valence electrons. The van der Waals surface area contributed by atoms with Gasteiger partial charge in [0.25, 0.3) is 0 Å². The van der Waals surface area contributed by atoms with Gasteiger partial charge in [0.15, 0.2) is 0 Å². The summed E-state index contributed by atoms with van der Waals surface area (Å²) in [7, 11) is 0. The lowest BCUT2D eigenvalue weighted by atomic mass is 9.86. The molecule has 0 nitrogen and oxygen atoms in total. The maximum atomic E-state index is 2.39. The van der Waals surface area contributed by atoms with E-state index in [4.69, 9.17) is 0 Å². The molecule has 0 spiro atoms. The molecule has 0 aliphatic carbocycles. The zero-order valence-corrected chi connectivity index (χ0v) is 22.8. The van der Waals surface area contributed by atoms with E-state index < -0.39 is 0 Å². The van der Waals surface area contributed by atoms with Crippen molar-refractivity contribution in [2.24, 2.45) is 0 Å². The first-order chi connectivity index (χ1) is 18.6. The van der Waals surface area contributed by atoms with Gasteiger partial charge < -0.3 is 0 Å². The highest BCUT2D eigenvalue weighted by Gasteiger charge is 2.15. The summed E-state index contributed by atoms with van der Waals surface area (Å²) in [6.07, 6.45) is 2.12. The molecule has 0 heteroatoms. The largest absolute Gasteiger partial charge is 0.0613 e. The Bertz CT molecular complexity index is 1630. The highest BCUT2D eigenvalue weighted by molar-refractivity contribution is 6.09. The molecule has 38 heavy (non-hydrogen) atoms. The van der Waals surface area contributed by atoms with Crippen LogP contribution < -0.4 is 0 Å². The van der Waals surface area contributed by atoms with Crippen LogP contribution in [0.2, 0.25) is 0 Å². The highest BCUT2D eigenvalue weighted by Crippen LogP contribution is 2.41. The molecule has 0 N–H and O–H groups in total. The number of aryl methyl sites for hydroxylation is 4. The lowest BCUT2D eigenvalue weighted by molar-refractivity contribution is 1.14. The summed E-state index contributed by atoms with van der Waals surface area (Å²) in [5.41, 5.74) is 13.1. The van der Waals surface area contributed by atoms with Crippen molar-refractivity contribution >= 4 is 21.5 Å². The van der Waals surface area contributed by atoms with Gasteiger partial charge in [-0.1, -0.05) is 111 Å². The van der Waals surface area contributed by atoms with Crippen molar-refractivity contribution in [2.75, 3.05) is 0 Å². The Hall–Kier alpha value is -4.16. The van der Waals surface area contributed by atoms with Crippen LogP contribution in [0.3, 0.4) is 0 Å². The molecule has 6 aromatic rings. The number of hydrogen-bond acceptors (Lipinski definition) is 0. The number of rotatable bonds is 5. The van der Waals surface area contributed by atoms with Crippen molar-refractivity contribution in [3.63, 3.8) is 0 Å². The summed E-state index contributed by atoms with van der Waals surface area (Å²) in [5.74, 6) is 0. The Morgan fingerprint density at radius 3 is 1.11 bits per heavy atom. The summed E-state index contributed by atoms with van der Waals surface area (Å²) in [6.45, 7) is 8.92. The minimum Gasteiger partial charge on any atom is -0.0613 e. The summed E-state index contributed by atoms with van der Waals surface area (Å²) in [6, 6.07) is 41.0. The first-order valence-corrected chi connectivity index (χ1v) is 13.8. The predicted molar refractivity (Wildman–Crippen MR) is 166 cm³/mol. The maximum absolute atomic E-state index is 2.39. The lowest BCUT2D eigenvalue weighted by Gasteiger charge is -2.18. The van der Waals surface area contributed by atoms with Crippen LogP contribution in [0.15, 0.2) is 109 Å². The first kappa shape index (κ1) is 24.2. The first-order valence-electron chi connectivity index (χ1n) is 13.8. The third kappa shape index (κ3) is 4.31. The van der Waals surface area contributed by atoms with Gasteiger partial charge in [-0.25, -0.2) is 0 Å². The fourth-order valence-electron chi connectivity index (χ4n) is 5.75. The van der Waals surface area contributed by atoms with Crippen LogP contribution in [0.1, 0.15) is 36.1 Å². The summed E-state index contributed by atoms with van der Waals surface area (Å²) < 4.78 is 0. The van der Waals surface area contributed by atoms with E-state index in [9.17, 15) is 0 Å². The van der Waals surface area contributed by atoms with E-state index in [1.54, 1.807) is 0 Å². The van der Waals surface area contributed by atoms with Gasteiger partial charge in [0.2, 0.25) is 0 Å². The van der Waals surface area contributed by atoms with E-state index >= 15 is 0 Å². The van der Waals surface area contributed by atoms with E-state index in [-0.39, 0.29) is 0 Å². The zero-order chi connectivity index (χ0) is 26.2. The number of benzene rings is 6. The Labute approximate surface area is 226 Å². The normalized spacial score (nSPS) is 11.4. The third-order valence-corrected chi connectivity index (χ3v) is 8.10. The van der Waals surface area contributed by atoms with Gasteiger partial charge in [-0.05, 0) is 116 Å². The standard InChI is InChI=1S/C38H34/c1-5-27-9-15-29(16-10-27)33-21-19-31-13-7-25(3)37(35(31)23-33)38-26(4)8-14-32-20-22-34(24-36(32)38)30-17-11-28(6-2)12-18-30/h7-24H,5-6H2,1-4H3. The zero-order valence-electron chi connectivity index (χ0n) is 22.8. The van der Waals surface area contributed by atoms with Gasteiger partial charge in [-0.3, -0.25) is 0 Å². The molecule has 6 rings (SSSR count). The fourth-order valence-corrected chi connectivity index (χ4v) is 5.75. The van der Waals surface area contributed by atoms with Crippen LogP contribution in [0, 0.1) is 13.8 Å². The van der Waals surface area contributed by atoms with E-state index in [1.165, 1.54) is 77.2 Å². The quantitative estimate of drug-likeness (QED) is 0.225.